The Bertz CT molecular complexity index is 301. The topological polar surface area (TPSA) is 67.6 Å². The zero-order chi connectivity index (χ0) is 13.7. The Morgan fingerprint density at radius 3 is 2.84 bits per heavy atom. The molecule has 2 fully saturated rings. The Balaban J connectivity index is 1.71. The molecule has 5 heteroatoms. The highest BCUT2D eigenvalue weighted by atomic mass is 16.5. The van der Waals surface area contributed by atoms with Gasteiger partial charge in [-0.2, -0.15) is 0 Å². The molecule has 3 N–H and O–H groups in total. The van der Waals surface area contributed by atoms with Crippen LogP contribution >= 0.6 is 0 Å². The molecule has 0 aromatic heterocycles. The van der Waals surface area contributed by atoms with Crippen LogP contribution in [0.2, 0.25) is 0 Å². The molecule has 1 aliphatic heterocycles. The number of ether oxygens (including phenoxy) is 1. The Morgan fingerprint density at radius 1 is 1.42 bits per heavy atom. The number of nitrogens with two attached hydrogens (primary N) is 1. The van der Waals surface area contributed by atoms with Crippen LogP contribution in [0.1, 0.15) is 32.6 Å². The Morgan fingerprint density at radius 2 is 2.16 bits per heavy atom. The van der Waals surface area contributed by atoms with E-state index < -0.39 is 0 Å². The summed E-state index contributed by atoms with van der Waals surface area (Å²) in [6.45, 7) is 7.17. The molecule has 2 rings (SSSR count). The van der Waals surface area contributed by atoms with Crippen LogP contribution in [0.15, 0.2) is 0 Å². The zero-order valence-corrected chi connectivity index (χ0v) is 12.0. The first-order valence-corrected chi connectivity index (χ1v) is 7.46. The fourth-order valence-electron chi connectivity index (χ4n) is 3.07. The van der Waals surface area contributed by atoms with Gasteiger partial charge in [-0.1, -0.05) is 12.8 Å². The Kier molecular flexibility index (Phi) is 5.19. The maximum absolute atomic E-state index is 12.2. The molecule has 0 spiro atoms. The second-order valence-electron chi connectivity index (χ2n) is 6.05. The molecule has 1 saturated carbocycles. The number of morpholine rings is 1. The van der Waals surface area contributed by atoms with E-state index in [9.17, 15) is 4.79 Å². The van der Waals surface area contributed by atoms with Crippen LogP contribution < -0.4 is 11.1 Å². The molecule has 0 bridgehead atoms. The predicted molar refractivity (Wildman–Crippen MR) is 74.8 cm³/mol. The van der Waals surface area contributed by atoms with Crippen LogP contribution in [0.4, 0.5) is 0 Å². The van der Waals surface area contributed by atoms with E-state index in [-0.39, 0.29) is 17.4 Å². The van der Waals surface area contributed by atoms with Gasteiger partial charge < -0.3 is 15.8 Å². The number of carbonyl (C=O) groups excluding carboxylic acids is 1. The van der Waals surface area contributed by atoms with E-state index in [4.69, 9.17) is 10.5 Å². The van der Waals surface area contributed by atoms with Crippen molar-refractivity contribution < 1.29 is 9.53 Å². The number of amides is 1. The van der Waals surface area contributed by atoms with Crippen molar-refractivity contribution in [3.05, 3.63) is 0 Å². The molecule has 0 aromatic rings. The normalized spacial score (nSPS) is 33.1. The van der Waals surface area contributed by atoms with Gasteiger partial charge in [0.2, 0.25) is 5.91 Å². The highest BCUT2D eigenvalue weighted by Crippen LogP contribution is 2.31. The molecule has 110 valence electrons. The third kappa shape index (κ3) is 4.16. The minimum absolute atomic E-state index is 0.0223. The van der Waals surface area contributed by atoms with Crippen molar-refractivity contribution in [2.24, 2.45) is 11.7 Å². The van der Waals surface area contributed by atoms with Crippen LogP contribution in [-0.4, -0.2) is 55.7 Å². The fourth-order valence-corrected chi connectivity index (χ4v) is 3.07. The molecule has 1 aliphatic carbocycles. The van der Waals surface area contributed by atoms with Gasteiger partial charge in [0.05, 0.1) is 19.1 Å². The Hall–Kier alpha value is -0.650. The van der Waals surface area contributed by atoms with E-state index in [0.717, 1.165) is 58.5 Å². The quantitative estimate of drug-likeness (QED) is 0.772. The minimum atomic E-state index is -0.332. The highest BCUT2D eigenvalue weighted by molar-refractivity contribution is 5.80. The van der Waals surface area contributed by atoms with Gasteiger partial charge in [0.1, 0.15) is 0 Å². The summed E-state index contributed by atoms with van der Waals surface area (Å²) in [5, 5.41) is 3.05. The van der Waals surface area contributed by atoms with Crippen LogP contribution in [0.3, 0.4) is 0 Å². The third-order valence-electron chi connectivity index (χ3n) is 4.40. The first-order valence-electron chi connectivity index (χ1n) is 7.46. The largest absolute Gasteiger partial charge is 0.379 e. The highest BCUT2D eigenvalue weighted by Gasteiger charge is 2.37. The van der Waals surface area contributed by atoms with Crippen molar-refractivity contribution in [1.82, 2.24) is 10.2 Å². The first kappa shape index (κ1) is 14.8. The molecule has 19 heavy (non-hydrogen) atoms. The van der Waals surface area contributed by atoms with Crippen molar-refractivity contribution in [1.29, 1.82) is 0 Å². The van der Waals surface area contributed by atoms with Crippen LogP contribution in [-0.2, 0) is 9.53 Å². The lowest BCUT2D eigenvalue weighted by Crippen LogP contribution is -2.53. The molecule has 0 radical (unpaired) electrons. The lowest BCUT2D eigenvalue weighted by molar-refractivity contribution is -0.128. The SMILES string of the molecule is CC1(N)CCCCC1C(=O)NCCN1CCOCC1. The van der Waals surface area contributed by atoms with E-state index in [1.165, 1.54) is 0 Å². The second-order valence-corrected chi connectivity index (χ2v) is 6.05. The molecule has 2 atom stereocenters. The number of nitrogens with zero attached hydrogens (tertiary/aromatic N) is 1. The molecule has 2 unspecified atom stereocenters. The average Bonchev–Trinajstić information content (AvgIpc) is 2.39. The monoisotopic (exact) mass is 269 g/mol. The smallest absolute Gasteiger partial charge is 0.225 e. The number of carbonyl (C=O) groups is 1. The maximum atomic E-state index is 12.2. The lowest BCUT2D eigenvalue weighted by Gasteiger charge is -2.37. The molecule has 1 saturated heterocycles. The second kappa shape index (κ2) is 6.68. The minimum Gasteiger partial charge on any atom is -0.379 e. The summed E-state index contributed by atoms with van der Waals surface area (Å²) in [7, 11) is 0. The summed E-state index contributed by atoms with van der Waals surface area (Å²) >= 11 is 0. The van der Waals surface area contributed by atoms with Gasteiger partial charge in [-0.25, -0.2) is 0 Å². The van der Waals surface area contributed by atoms with E-state index in [0.29, 0.717) is 6.54 Å². The fraction of sp³-hybridized carbons (Fsp3) is 0.929. The summed E-state index contributed by atoms with van der Waals surface area (Å²) in [6.07, 6.45) is 4.14. The van der Waals surface area contributed by atoms with Gasteiger partial charge in [0, 0.05) is 31.7 Å². The number of nitrogens with one attached hydrogen (secondary N) is 1. The molecule has 2 aliphatic rings. The van der Waals surface area contributed by atoms with E-state index >= 15 is 0 Å². The van der Waals surface area contributed by atoms with Gasteiger partial charge in [0.15, 0.2) is 0 Å². The first-order chi connectivity index (χ1) is 9.09. The summed E-state index contributed by atoms with van der Waals surface area (Å²) in [4.78, 5) is 14.5. The summed E-state index contributed by atoms with van der Waals surface area (Å²) in [5.74, 6) is 0.115. The average molecular weight is 269 g/mol. The number of rotatable bonds is 4. The van der Waals surface area contributed by atoms with E-state index in [2.05, 4.69) is 10.2 Å². The van der Waals surface area contributed by atoms with Crippen molar-refractivity contribution >= 4 is 5.91 Å². The molecule has 0 aromatic carbocycles. The molecule has 5 nitrogen and oxygen atoms in total. The maximum Gasteiger partial charge on any atom is 0.225 e. The number of hydrogen-bond donors (Lipinski definition) is 2. The van der Waals surface area contributed by atoms with Gasteiger partial charge in [-0.15, -0.1) is 0 Å². The van der Waals surface area contributed by atoms with Gasteiger partial charge >= 0.3 is 0 Å². The van der Waals surface area contributed by atoms with Crippen molar-refractivity contribution in [2.45, 2.75) is 38.1 Å². The molecule has 1 heterocycles. The van der Waals surface area contributed by atoms with Crippen LogP contribution in [0.5, 0.6) is 0 Å². The zero-order valence-electron chi connectivity index (χ0n) is 12.0. The van der Waals surface area contributed by atoms with Gasteiger partial charge in [-0.3, -0.25) is 9.69 Å². The third-order valence-corrected chi connectivity index (χ3v) is 4.40. The van der Waals surface area contributed by atoms with Gasteiger partial charge in [-0.05, 0) is 19.8 Å². The van der Waals surface area contributed by atoms with Crippen LogP contribution in [0, 0.1) is 5.92 Å². The Labute approximate surface area is 115 Å². The summed E-state index contributed by atoms with van der Waals surface area (Å²) in [6, 6.07) is 0. The standard InChI is InChI=1S/C14H27N3O2/c1-14(15)5-3-2-4-12(14)13(18)16-6-7-17-8-10-19-11-9-17/h12H,2-11,15H2,1H3,(H,16,18). The van der Waals surface area contributed by atoms with E-state index in [1.807, 2.05) is 6.92 Å². The van der Waals surface area contributed by atoms with Crippen molar-refractivity contribution in [3.63, 3.8) is 0 Å². The lowest BCUT2D eigenvalue weighted by atomic mass is 9.74. The van der Waals surface area contributed by atoms with Crippen LogP contribution in [0.25, 0.3) is 0 Å². The predicted octanol–water partition coefficient (Wildman–Crippen LogP) is 0.342. The molecular formula is C14H27N3O2. The van der Waals surface area contributed by atoms with Crippen molar-refractivity contribution in [3.8, 4) is 0 Å². The summed E-state index contributed by atoms with van der Waals surface area (Å²) in [5.41, 5.74) is 5.92. The van der Waals surface area contributed by atoms with Crippen molar-refractivity contribution in [2.75, 3.05) is 39.4 Å². The van der Waals surface area contributed by atoms with E-state index in [1.54, 1.807) is 0 Å². The van der Waals surface area contributed by atoms with Gasteiger partial charge in [0.25, 0.3) is 0 Å². The summed E-state index contributed by atoms with van der Waals surface area (Å²) < 4.78 is 5.30. The number of hydrogen-bond acceptors (Lipinski definition) is 4. The molecular weight excluding hydrogens is 242 g/mol. The molecule has 1 amide bonds.